The molecule has 0 aromatic carbocycles. The molecule has 0 bridgehead atoms. The van der Waals surface area contributed by atoms with E-state index in [-0.39, 0.29) is 23.8 Å². The third kappa shape index (κ3) is 4.30. The van der Waals surface area contributed by atoms with E-state index in [1.165, 1.54) is 0 Å². The number of aromatic nitrogens is 2. The second-order valence-electron chi connectivity index (χ2n) is 7.14. The molecule has 120 valence electrons. The Kier molecular flexibility index (Phi) is 5.20. The van der Waals surface area contributed by atoms with Gasteiger partial charge >= 0.3 is 0 Å². The van der Waals surface area contributed by atoms with Gasteiger partial charge in [0.1, 0.15) is 5.69 Å². The SMILES string of the molecule is CCC(C)C(C)(O)CNC(=O)c1cc(C(C)(C)C)nn1C. The summed E-state index contributed by atoms with van der Waals surface area (Å²) < 4.78 is 1.59. The first-order valence-electron chi connectivity index (χ1n) is 7.54. The Labute approximate surface area is 127 Å². The zero-order valence-corrected chi connectivity index (χ0v) is 14.3. The average Bonchev–Trinajstić information content (AvgIpc) is 2.77. The molecule has 2 unspecified atom stereocenters. The normalized spacial score (nSPS) is 16.4. The van der Waals surface area contributed by atoms with Gasteiger partial charge in [-0.25, -0.2) is 0 Å². The van der Waals surface area contributed by atoms with Gasteiger partial charge in [-0.05, 0) is 18.9 Å². The molecule has 21 heavy (non-hydrogen) atoms. The van der Waals surface area contributed by atoms with E-state index in [0.717, 1.165) is 12.1 Å². The van der Waals surface area contributed by atoms with Crippen molar-refractivity contribution in [3.8, 4) is 0 Å². The molecule has 5 heteroatoms. The van der Waals surface area contributed by atoms with Gasteiger partial charge in [0.2, 0.25) is 0 Å². The van der Waals surface area contributed by atoms with Crippen molar-refractivity contribution >= 4 is 5.91 Å². The topological polar surface area (TPSA) is 67.2 Å². The van der Waals surface area contributed by atoms with Crippen LogP contribution in [0.2, 0.25) is 0 Å². The lowest BCUT2D eigenvalue weighted by atomic mass is 9.88. The maximum atomic E-state index is 12.3. The number of carbonyl (C=O) groups excluding carboxylic acids is 1. The number of hydrogen-bond donors (Lipinski definition) is 2. The first kappa shape index (κ1) is 17.7. The van der Waals surface area contributed by atoms with Crippen LogP contribution >= 0.6 is 0 Å². The quantitative estimate of drug-likeness (QED) is 0.875. The minimum Gasteiger partial charge on any atom is -0.388 e. The molecule has 0 saturated carbocycles. The van der Waals surface area contributed by atoms with Gasteiger partial charge in [0.15, 0.2) is 0 Å². The van der Waals surface area contributed by atoms with Gasteiger partial charge < -0.3 is 10.4 Å². The number of amides is 1. The van der Waals surface area contributed by atoms with Crippen molar-refractivity contribution in [2.75, 3.05) is 6.54 Å². The summed E-state index contributed by atoms with van der Waals surface area (Å²) in [5.74, 6) is -0.0847. The highest BCUT2D eigenvalue weighted by molar-refractivity contribution is 5.92. The highest BCUT2D eigenvalue weighted by Crippen LogP contribution is 2.22. The molecule has 0 aliphatic heterocycles. The van der Waals surface area contributed by atoms with E-state index in [0.29, 0.717) is 5.69 Å². The molecule has 2 N–H and O–H groups in total. The van der Waals surface area contributed by atoms with E-state index < -0.39 is 5.60 Å². The molecule has 2 atom stereocenters. The van der Waals surface area contributed by atoms with Crippen molar-refractivity contribution in [2.45, 2.75) is 59.0 Å². The summed E-state index contributed by atoms with van der Waals surface area (Å²) in [5.41, 5.74) is 0.387. The second kappa shape index (κ2) is 6.18. The smallest absolute Gasteiger partial charge is 0.269 e. The Morgan fingerprint density at radius 3 is 2.43 bits per heavy atom. The Balaban J connectivity index is 2.80. The van der Waals surface area contributed by atoms with E-state index in [1.807, 2.05) is 19.9 Å². The summed E-state index contributed by atoms with van der Waals surface area (Å²) in [6.07, 6.45) is 0.864. The van der Waals surface area contributed by atoms with Crippen LogP contribution in [0.25, 0.3) is 0 Å². The average molecular weight is 295 g/mol. The maximum Gasteiger partial charge on any atom is 0.269 e. The molecule has 5 nitrogen and oxygen atoms in total. The predicted octanol–water partition coefficient (Wildman–Crippen LogP) is 2.24. The van der Waals surface area contributed by atoms with Crippen LogP contribution < -0.4 is 5.32 Å². The summed E-state index contributed by atoms with van der Waals surface area (Å²) in [4.78, 5) is 12.3. The van der Waals surface area contributed by atoms with Gasteiger partial charge in [-0.1, -0.05) is 41.0 Å². The fourth-order valence-electron chi connectivity index (χ4n) is 2.01. The summed E-state index contributed by atoms with van der Waals surface area (Å²) in [6, 6.07) is 1.81. The number of aliphatic hydroxyl groups is 1. The number of nitrogens with zero attached hydrogens (tertiary/aromatic N) is 2. The summed E-state index contributed by atoms with van der Waals surface area (Å²) in [7, 11) is 1.76. The third-order valence-electron chi connectivity index (χ3n) is 4.16. The van der Waals surface area contributed by atoms with Crippen LogP contribution in [0.15, 0.2) is 6.07 Å². The van der Waals surface area contributed by atoms with E-state index in [1.54, 1.807) is 18.7 Å². The first-order chi connectivity index (χ1) is 9.49. The molecule has 1 aromatic rings. The minimum absolute atomic E-state index is 0.0987. The van der Waals surface area contributed by atoms with Crippen LogP contribution in [-0.4, -0.2) is 32.9 Å². The van der Waals surface area contributed by atoms with Gasteiger partial charge in [-0.3, -0.25) is 9.48 Å². The van der Waals surface area contributed by atoms with E-state index in [9.17, 15) is 9.90 Å². The van der Waals surface area contributed by atoms with Gasteiger partial charge in [0, 0.05) is 19.0 Å². The maximum absolute atomic E-state index is 12.3. The van der Waals surface area contributed by atoms with Crippen LogP contribution in [0.4, 0.5) is 0 Å². The fourth-order valence-corrected chi connectivity index (χ4v) is 2.01. The monoisotopic (exact) mass is 295 g/mol. The number of hydrogen-bond acceptors (Lipinski definition) is 3. The van der Waals surface area contributed by atoms with Crippen molar-refractivity contribution in [2.24, 2.45) is 13.0 Å². The Morgan fingerprint density at radius 2 is 2.00 bits per heavy atom. The van der Waals surface area contributed by atoms with Crippen molar-refractivity contribution in [3.63, 3.8) is 0 Å². The molecule has 1 amide bonds. The molecule has 0 fully saturated rings. The lowest BCUT2D eigenvalue weighted by Crippen LogP contribution is -2.45. The number of rotatable bonds is 5. The van der Waals surface area contributed by atoms with Crippen molar-refractivity contribution in [1.29, 1.82) is 0 Å². The third-order valence-corrected chi connectivity index (χ3v) is 4.16. The molecular formula is C16H29N3O2. The standard InChI is InChI=1S/C16H29N3O2/c1-8-11(2)16(6,21)10-17-14(20)12-9-13(15(3,4)5)18-19(12)7/h9,11,21H,8,10H2,1-7H3,(H,17,20). The second-order valence-corrected chi connectivity index (χ2v) is 7.14. The summed E-state index contributed by atoms with van der Waals surface area (Å²) in [5, 5.41) is 17.5. The number of nitrogens with one attached hydrogen (secondary N) is 1. The van der Waals surface area contributed by atoms with E-state index >= 15 is 0 Å². The molecule has 0 saturated heterocycles. The summed E-state index contributed by atoms with van der Waals surface area (Å²) >= 11 is 0. The van der Waals surface area contributed by atoms with Crippen LogP contribution in [-0.2, 0) is 12.5 Å². The molecule has 0 spiro atoms. The largest absolute Gasteiger partial charge is 0.388 e. The molecule has 0 aliphatic rings. The van der Waals surface area contributed by atoms with Crippen LogP contribution in [0.5, 0.6) is 0 Å². The first-order valence-corrected chi connectivity index (χ1v) is 7.54. The number of aryl methyl sites for hydroxylation is 1. The zero-order chi connectivity index (χ0) is 16.4. The van der Waals surface area contributed by atoms with Gasteiger partial charge in [-0.15, -0.1) is 0 Å². The van der Waals surface area contributed by atoms with Gasteiger partial charge in [0.05, 0.1) is 11.3 Å². The minimum atomic E-state index is -0.907. The van der Waals surface area contributed by atoms with Crippen molar-refractivity contribution in [1.82, 2.24) is 15.1 Å². The lowest BCUT2D eigenvalue weighted by Gasteiger charge is -2.29. The van der Waals surface area contributed by atoms with Crippen molar-refractivity contribution < 1.29 is 9.90 Å². The molecule has 1 heterocycles. The Hall–Kier alpha value is -1.36. The molecule has 1 aromatic heterocycles. The Bertz CT molecular complexity index is 498. The number of carbonyl (C=O) groups is 1. The van der Waals surface area contributed by atoms with E-state index in [4.69, 9.17) is 0 Å². The Morgan fingerprint density at radius 1 is 1.43 bits per heavy atom. The molecule has 0 radical (unpaired) electrons. The summed E-state index contributed by atoms with van der Waals surface area (Å²) in [6.45, 7) is 12.2. The van der Waals surface area contributed by atoms with Gasteiger partial charge in [-0.2, -0.15) is 5.10 Å². The van der Waals surface area contributed by atoms with Crippen LogP contribution in [0.1, 0.15) is 64.1 Å². The van der Waals surface area contributed by atoms with Crippen molar-refractivity contribution in [3.05, 3.63) is 17.5 Å². The van der Waals surface area contributed by atoms with E-state index in [2.05, 4.69) is 31.2 Å². The van der Waals surface area contributed by atoms with Gasteiger partial charge in [0.25, 0.3) is 5.91 Å². The zero-order valence-electron chi connectivity index (χ0n) is 14.3. The highest BCUT2D eigenvalue weighted by atomic mass is 16.3. The van der Waals surface area contributed by atoms with Crippen LogP contribution in [0, 0.1) is 5.92 Å². The molecule has 1 rings (SSSR count). The predicted molar refractivity (Wildman–Crippen MR) is 84.3 cm³/mol. The molecular weight excluding hydrogens is 266 g/mol. The lowest BCUT2D eigenvalue weighted by molar-refractivity contribution is 0.00583. The molecule has 0 aliphatic carbocycles. The fraction of sp³-hybridized carbons (Fsp3) is 0.750. The van der Waals surface area contributed by atoms with Crippen LogP contribution in [0.3, 0.4) is 0 Å². The highest BCUT2D eigenvalue weighted by Gasteiger charge is 2.28.